The second-order valence-electron chi connectivity index (χ2n) is 4.25. The van der Waals surface area contributed by atoms with Gasteiger partial charge in [0.2, 0.25) is 0 Å². The minimum absolute atomic E-state index is 0.130. The van der Waals surface area contributed by atoms with Crippen molar-refractivity contribution in [2.45, 2.75) is 38.0 Å². The monoisotopic (exact) mass is 302 g/mol. The molecule has 2 heterocycles. The first-order chi connectivity index (χ1) is 7.61. The van der Waals surface area contributed by atoms with Crippen molar-refractivity contribution in [3.8, 4) is 0 Å². The SMILES string of the molecule is CC(C)n1ncc(Br)c1C(=O)C1CCCS1. The molecule has 88 valence electrons. The number of carbonyl (C=O) groups is 1. The molecular formula is C11H15BrN2OS. The van der Waals surface area contributed by atoms with Crippen LogP contribution in [0.1, 0.15) is 43.2 Å². The summed E-state index contributed by atoms with van der Waals surface area (Å²) in [5, 5.41) is 4.38. The van der Waals surface area contributed by atoms with Crippen LogP contribution in [0.5, 0.6) is 0 Å². The molecule has 0 N–H and O–H groups in total. The van der Waals surface area contributed by atoms with Crippen LogP contribution in [0, 0.1) is 0 Å². The van der Waals surface area contributed by atoms with E-state index in [-0.39, 0.29) is 17.1 Å². The lowest BCUT2D eigenvalue weighted by Crippen LogP contribution is -2.20. The van der Waals surface area contributed by atoms with Gasteiger partial charge in [0.1, 0.15) is 5.69 Å². The van der Waals surface area contributed by atoms with Crippen molar-refractivity contribution in [2.24, 2.45) is 0 Å². The fraction of sp³-hybridized carbons (Fsp3) is 0.636. The van der Waals surface area contributed by atoms with Crippen molar-refractivity contribution in [2.75, 3.05) is 5.75 Å². The van der Waals surface area contributed by atoms with E-state index in [1.807, 2.05) is 18.5 Å². The Labute approximate surface area is 108 Å². The van der Waals surface area contributed by atoms with Gasteiger partial charge in [0.15, 0.2) is 5.78 Å². The highest BCUT2D eigenvalue weighted by molar-refractivity contribution is 9.10. The summed E-state index contributed by atoms with van der Waals surface area (Å²) >= 11 is 5.19. The van der Waals surface area contributed by atoms with Gasteiger partial charge in [-0.2, -0.15) is 16.9 Å². The van der Waals surface area contributed by atoms with Crippen molar-refractivity contribution in [1.82, 2.24) is 9.78 Å². The van der Waals surface area contributed by atoms with Gasteiger partial charge in [0.05, 0.1) is 15.9 Å². The van der Waals surface area contributed by atoms with Gasteiger partial charge in [-0.3, -0.25) is 9.48 Å². The fourth-order valence-electron chi connectivity index (χ4n) is 1.90. The predicted molar refractivity (Wildman–Crippen MR) is 70.1 cm³/mol. The first kappa shape index (κ1) is 12.2. The van der Waals surface area contributed by atoms with E-state index in [1.54, 1.807) is 18.0 Å². The van der Waals surface area contributed by atoms with Gasteiger partial charge in [-0.25, -0.2) is 0 Å². The number of aromatic nitrogens is 2. The number of hydrogen-bond donors (Lipinski definition) is 0. The molecule has 0 aromatic carbocycles. The lowest BCUT2D eigenvalue weighted by Gasteiger charge is -2.13. The second-order valence-corrected chi connectivity index (χ2v) is 6.41. The summed E-state index contributed by atoms with van der Waals surface area (Å²) in [6.45, 7) is 4.08. The van der Waals surface area contributed by atoms with Gasteiger partial charge < -0.3 is 0 Å². The number of hydrogen-bond acceptors (Lipinski definition) is 3. The molecule has 5 heteroatoms. The molecule has 1 fully saturated rings. The first-order valence-electron chi connectivity index (χ1n) is 5.50. The molecule has 0 bridgehead atoms. The Bertz CT molecular complexity index is 397. The van der Waals surface area contributed by atoms with Crippen molar-refractivity contribution < 1.29 is 4.79 Å². The molecule has 1 aliphatic heterocycles. The van der Waals surface area contributed by atoms with Gasteiger partial charge in [-0.15, -0.1) is 0 Å². The van der Waals surface area contributed by atoms with Gasteiger partial charge in [0.25, 0.3) is 0 Å². The van der Waals surface area contributed by atoms with E-state index in [0.717, 1.165) is 28.8 Å². The van der Waals surface area contributed by atoms with E-state index in [0.29, 0.717) is 0 Å². The van der Waals surface area contributed by atoms with Crippen LogP contribution in [0.25, 0.3) is 0 Å². The third-order valence-electron chi connectivity index (χ3n) is 2.70. The highest BCUT2D eigenvalue weighted by Gasteiger charge is 2.29. The molecule has 2 rings (SSSR count). The summed E-state index contributed by atoms with van der Waals surface area (Å²) < 4.78 is 2.63. The Morgan fingerprint density at radius 2 is 2.44 bits per heavy atom. The van der Waals surface area contributed by atoms with Crippen molar-refractivity contribution in [1.29, 1.82) is 0 Å². The predicted octanol–water partition coefficient (Wildman–Crippen LogP) is 3.30. The maximum Gasteiger partial charge on any atom is 0.194 e. The molecule has 1 saturated heterocycles. The van der Waals surface area contributed by atoms with Crippen LogP contribution >= 0.6 is 27.7 Å². The van der Waals surface area contributed by atoms with Crippen LogP contribution in [0.2, 0.25) is 0 Å². The number of carbonyl (C=O) groups excluding carboxylic acids is 1. The summed E-state index contributed by atoms with van der Waals surface area (Å²) in [4.78, 5) is 12.3. The van der Waals surface area contributed by atoms with Crippen LogP contribution in [-0.4, -0.2) is 26.6 Å². The molecular weight excluding hydrogens is 288 g/mol. The van der Waals surface area contributed by atoms with Crippen LogP contribution in [0.15, 0.2) is 10.7 Å². The Kier molecular flexibility index (Phi) is 3.74. The molecule has 0 saturated carbocycles. The molecule has 1 aliphatic rings. The summed E-state index contributed by atoms with van der Waals surface area (Å²) in [7, 11) is 0. The molecule has 0 aliphatic carbocycles. The number of nitrogens with zero attached hydrogens (tertiary/aromatic N) is 2. The van der Waals surface area contributed by atoms with Crippen LogP contribution in [-0.2, 0) is 0 Å². The number of halogens is 1. The molecule has 3 nitrogen and oxygen atoms in total. The Morgan fingerprint density at radius 3 is 3.00 bits per heavy atom. The van der Waals surface area contributed by atoms with E-state index in [9.17, 15) is 4.79 Å². The number of thioether (sulfide) groups is 1. The third-order valence-corrected chi connectivity index (χ3v) is 4.65. The lowest BCUT2D eigenvalue weighted by molar-refractivity contribution is 0.0975. The number of rotatable bonds is 3. The smallest absolute Gasteiger partial charge is 0.194 e. The normalized spacial score (nSPS) is 20.6. The zero-order valence-electron chi connectivity index (χ0n) is 9.44. The maximum atomic E-state index is 12.3. The number of ketones is 1. The first-order valence-corrected chi connectivity index (χ1v) is 7.34. The van der Waals surface area contributed by atoms with Crippen molar-refractivity contribution >= 4 is 33.5 Å². The highest BCUT2D eigenvalue weighted by Crippen LogP contribution is 2.31. The maximum absolute atomic E-state index is 12.3. The van der Waals surface area contributed by atoms with E-state index in [2.05, 4.69) is 21.0 Å². The summed E-state index contributed by atoms with van der Waals surface area (Å²) in [5.41, 5.74) is 0.731. The fourth-order valence-corrected chi connectivity index (χ4v) is 3.58. The van der Waals surface area contributed by atoms with Gasteiger partial charge >= 0.3 is 0 Å². The topological polar surface area (TPSA) is 34.9 Å². The molecule has 1 unspecified atom stereocenters. The Hall–Kier alpha value is -0.290. The molecule has 1 aromatic heterocycles. The van der Waals surface area contributed by atoms with E-state index in [4.69, 9.17) is 0 Å². The average Bonchev–Trinajstić information content (AvgIpc) is 2.84. The van der Waals surface area contributed by atoms with Gasteiger partial charge in [0, 0.05) is 6.04 Å². The Morgan fingerprint density at radius 1 is 1.69 bits per heavy atom. The molecule has 0 amide bonds. The molecule has 0 spiro atoms. The van der Waals surface area contributed by atoms with Crippen LogP contribution in [0.3, 0.4) is 0 Å². The minimum atomic E-state index is 0.130. The van der Waals surface area contributed by atoms with E-state index < -0.39 is 0 Å². The largest absolute Gasteiger partial charge is 0.291 e. The summed E-state index contributed by atoms with van der Waals surface area (Å²) in [6.07, 6.45) is 3.86. The highest BCUT2D eigenvalue weighted by atomic mass is 79.9. The van der Waals surface area contributed by atoms with Gasteiger partial charge in [-0.05, 0) is 48.4 Å². The lowest BCUT2D eigenvalue weighted by atomic mass is 10.1. The van der Waals surface area contributed by atoms with Crippen LogP contribution < -0.4 is 0 Å². The zero-order valence-corrected chi connectivity index (χ0v) is 11.8. The second kappa shape index (κ2) is 4.92. The minimum Gasteiger partial charge on any atom is -0.291 e. The van der Waals surface area contributed by atoms with E-state index in [1.165, 1.54) is 0 Å². The number of Topliss-reactive ketones (excluding diaryl/α,β-unsaturated/α-hetero) is 1. The quantitative estimate of drug-likeness (QED) is 0.804. The van der Waals surface area contributed by atoms with Crippen LogP contribution in [0.4, 0.5) is 0 Å². The third kappa shape index (κ3) is 2.20. The molecule has 1 aromatic rings. The van der Waals surface area contributed by atoms with Crippen molar-refractivity contribution in [3.05, 3.63) is 16.4 Å². The Balaban J connectivity index is 2.31. The molecule has 0 radical (unpaired) electrons. The average molecular weight is 303 g/mol. The molecule has 1 atom stereocenters. The van der Waals surface area contributed by atoms with Gasteiger partial charge in [-0.1, -0.05) is 0 Å². The standard InChI is InChI=1S/C11H15BrN2OS/c1-7(2)14-10(8(12)6-13-14)11(15)9-4-3-5-16-9/h6-7,9H,3-5H2,1-2H3. The summed E-state index contributed by atoms with van der Waals surface area (Å²) in [5.74, 6) is 1.32. The van der Waals surface area contributed by atoms with Crippen molar-refractivity contribution in [3.63, 3.8) is 0 Å². The van der Waals surface area contributed by atoms with E-state index >= 15 is 0 Å². The molecule has 16 heavy (non-hydrogen) atoms. The zero-order chi connectivity index (χ0) is 11.7. The summed E-state index contributed by atoms with van der Waals surface area (Å²) in [6, 6.07) is 0.219.